The molecular formula is C12H11F2N3S. The highest BCUT2D eigenvalue weighted by atomic mass is 32.1. The van der Waals surface area contributed by atoms with Crippen LogP contribution in [0, 0.1) is 11.6 Å². The van der Waals surface area contributed by atoms with Crippen LogP contribution in [-0.4, -0.2) is 16.2 Å². The summed E-state index contributed by atoms with van der Waals surface area (Å²) in [7, 11) is 0. The average Bonchev–Trinajstić information content (AvgIpc) is 3.08. The van der Waals surface area contributed by atoms with Gasteiger partial charge in [0.2, 0.25) is 0 Å². The van der Waals surface area contributed by atoms with Crippen molar-refractivity contribution in [3.05, 3.63) is 34.8 Å². The number of aromatic nitrogens is 2. The van der Waals surface area contributed by atoms with Crippen molar-refractivity contribution in [1.82, 2.24) is 15.5 Å². The zero-order chi connectivity index (χ0) is 12.5. The quantitative estimate of drug-likeness (QED) is 0.925. The molecule has 1 aliphatic rings. The summed E-state index contributed by atoms with van der Waals surface area (Å²) in [5.41, 5.74) is 0.559. The van der Waals surface area contributed by atoms with Gasteiger partial charge in [0.1, 0.15) is 10.0 Å². The van der Waals surface area contributed by atoms with Gasteiger partial charge in [-0.2, -0.15) is 0 Å². The molecule has 6 heteroatoms. The summed E-state index contributed by atoms with van der Waals surface area (Å²) in [5.74, 6) is -1.71. The monoisotopic (exact) mass is 267 g/mol. The van der Waals surface area contributed by atoms with Crippen LogP contribution >= 0.6 is 11.3 Å². The molecule has 1 saturated carbocycles. The van der Waals surface area contributed by atoms with Gasteiger partial charge in [-0.25, -0.2) is 8.78 Å². The molecule has 2 aromatic rings. The van der Waals surface area contributed by atoms with E-state index in [1.807, 2.05) is 0 Å². The van der Waals surface area contributed by atoms with Gasteiger partial charge >= 0.3 is 0 Å². The van der Waals surface area contributed by atoms with Crippen molar-refractivity contribution in [1.29, 1.82) is 0 Å². The van der Waals surface area contributed by atoms with Crippen molar-refractivity contribution >= 4 is 11.3 Å². The Labute approximate surface area is 107 Å². The molecule has 1 fully saturated rings. The van der Waals surface area contributed by atoms with E-state index in [-0.39, 0.29) is 0 Å². The predicted molar refractivity (Wildman–Crippen MR) is 65.1 cm³/mol. The summed E-state index contributed by atoms with van der Waals surface area (Å²) in [4.78, 5) is 0. The lowest BCUT2D eigenvalue weighted by atomic mass is 10.2. The lowest BCUT2D eigenvalue weighted by Gasteiger charge is -1.97. The van der Waals surface area contributed by atoms with E-state index in [1.165, 1.54) is 30.2 Å². The zero-order valence-electron chi connectivity index (χ0n) is 9.49. The summed E-state index contributed by atoms with van der Waals surface area (Å²) in [6, 6.07) is 4.37. The Kier molecular flexibility index (Phi) is 3.05. The Morgan fingerprint density at radius 3 is 2.78 bits per heavy atom. The Morgan fingerprint density at radius 1 is 1.22 bits per heavy atom. The molecule has 3 nitrogen and oxygen atoms in total. The summed E-state index contributed by atoms with van der Waals surface area (Å²) < 4.78 is 25.9. The standard InChI is InChI=1S/C12H11F2N3S/c13-9-4-1-7(5-10(9)14)12-17-16-11(18-12)6-15-8-2-3-8/h1,4-5,8,15H,2-3,6H2. The smallest absolute Gasteiger partial charge is 0.159 e. The molecule has 0 unspecified atom stereocenters. The molecule has 0 spiro atoms. The van der Waals surface area contributed by atoms with Gasteiger partial charge in [-0.1, -0.05) is 11.3 Å². The van der Waals surface area contributed by atoms with Crippen LogP contribution in [0.1, 0.15) is 17.8 Å². The fourth-order valence-corrected chi connectivity index (χ4v) is 2.38. The number of halogens is 2. The second kappa shape index (κ2) is 4.70. The van der Waals surface area contributed by atoms with Crippen molar-refractivity contribution in [2.24, 2.45) is 0 Å². The van der Waals surface area contributed by atoms with Crippen molar-refractivity contribution < 1.29 is 8.78 Å². The minimum atomic E-state index is -0.861. The van der Waals surface area contributed by atoms with Crippen LogP contribution in [0.3, 0.4) is 0 Å². The second-order valence-electron chi connectivity index (χ2n) is 4.29. The first kappa shape index (κ1) is 11.7. The highest BCUT2D eigenvalue weighted by Crippen LogP contribution is 2.26. The number of nitrogens with zero attached hydrogens (tertiary/aromatic N) is 2. The topological polar surface area (TPSA) is 37.8 Å². The molecule has 18 heavy (non-hydrogen) atoms. The minimum Gasteiger partial charge on any atom is -0.308 e. The molecule has 1 aromatic heterocycles. The zero-order valence-corrected chi connectivity index (χ0v) is 10.3. The van der Waals surface area contributed by atoms with Crippen LogP contribution in [0.4, 0.5) is 8.78 Å². The van der Waals surface area contributed by atoms with Crippen LogP contribution in [0.2, 0.25) is 0 Å². The fraction of sp³-hybridized carbons (Fsp3) is 0.333. The highest BCUT2D eigenvalue weighted by Gasteiger charge is 2.20. The number of nitrogens with one attached hydrogen (secondary N) is 1. The van der Waals surface area contributed by atoms with E-state index in [9.17, 15) is 8.78 Å². The molecular weight excluding hydrogens is 256 g/mol. The number of rotatable bonds is 4. The molecule has 0 aliphatic heterocycles. The van der Waals surface area contributed by atoms with Crippen LogP contribution in [-0.2, 0) is 6.54 Å². The number of hydrogen-bond donors (Lipinski definition) is 1. The van der Waals surface area contributed by atoms with E-state index in [1.54, 1.807) is 0 Å². The Hall–Kier alpha value is -1.40. The van der Waals surface area contributed by atoms with Crippen LogP contribution in [0.25, 0.3) is 10.6 Å². The molecule has 0 amide bonds. The highest BCUT2D eigenvalue weighted by molar-refractivity contribution is 7.14. The van der Waals surface area contributed by atoms with E-state index < -0.39 is 11.6 Å². The predicted octanol–water partition coefficient (Wildman–Crippen LogP) is 2.74. The van der Waals surface area contributed by atoms with Gasteiger partial charge < -0.3 is 5.32 Å². The van der Waals surface area contributed by atoms with Gasteiger partial charge in [0.25, 0.3) is 0 Å². The Morgan fingerprint density at radius 2 is 2.06 bits per heavy atom. The van der Waals surface area contributed by atoms with Crippen LogP contribution < -0.4 is 5.32 Å². The third kappa shape index (κ3) is 2.54. The molecule has 0 atom stereocenters. The van der Waals surface area contributed by atoms with Crippen molar-refractivity contribution in [2.45, 2.75) is 25.4 Å². The van der Waals surface area contributed by atoms with E-state index in [0.717, 1.165) is 17.1 Å². The lowest BCUT2D eigenvalue weighted by molar-refractivity contribution is 0.509. The first-order chi connectivity index (χ1) is 8.72. The fourth-order valence-electron chi connectivity index (χ4n) is 1.59. The normalized spacial score (nSPS) is 15.0. The molecule has 1 N–H and O–H groups in total. The minimum absolute atomic E-state index is 0.559. The molecule has 94 valence electrons. The van der Waals surface area contributed by atoms with E-state index in [4.69, 9.17) is 0 Å². The molecule has 1 heterocycles. The Balaban J connectivity index is 1.76. The van der Waals surface area contributed by atoms with E-state index in [2.05, 4.69) is 15.5 Å². The summed E-state index contributed by atoms with van der Waals surface area (Å²) in [6.45, 7) is 0.687. The summed E-state index contributed by atoms with van der Waals surface area (Å²) in [6.07, 6.45) is 2.43. The lowest BCUT2D eigenvalue weighted by Crippen LogP contribution is -2.14. The first-order valence-electron chi connectivity index (χ1n) is 5.73. The van der Waals surface area contributed by atoms with Crippen LogP contribution in [0.15, 0.2) is 18.2 Å². The number of benzene rings is 1. The van der Waals surface area contributed by atoms with Crippen molar-refractivity contribution in [3.63, 3.8) is 0 Å². The Bertz CT molecular complexity index is 566. The van der Waals surface area contributed by atoms with E-state index in [0.29, 0.717) is 23.2 Å². The van der Waals surface area contributed by atoms with Gasteiger partial charge in [-0.15, -0.1) is 10.2 Å². The maximum Gasteiger partial charge on any atom is 0.159 e. The third-order valence-electron chi connectivity index (χ3n) is 2.75. The van der Waals surface area contributed by atoms with Gasteiger partial charge in [-0.05, 0) is 31.0 Å². The third-order valence-corrected chi connectivity index (χ3v) is 3.73. The molecule has 0 saturated heterocycles. The van der Waals surface area contributed by atoms with Gasteiger partial charge in [0.05, 0.1) is 0 Å². The number of hydrogen-bond acceptors (Lipinski definition) is 4. The SMILES string of the molecule is Fc1ccc(-c2nnc(CNC3CC3)s2)cc1F. The second-order valence-corrected chi connectivity index (χ2v) is 5.35. The van der Waals surface area contributed by atoms with Crippen molar-refractivity contribution in [3.8, 4) is 10.6 Å². The maximum atomic E-state index is 13.1. The summed E-state index contributed by atoms with van der Waals surface area (Å²) in [5, 5.41) is 12.8. The average molecular weight is 267 g/mol. The van der Waals surface area contributed by atoms with Gasteiger partial charge in [-0.3, -0.25) is 0 Å². The van der Waals surface area contributed by atoms with Crippen LogP contribution in [0.5, 0.6) is 0 Å². The van der Waals surface area contributed by atoms with Gasteiger partial charge in [0.15, 0.2) is 11.6 Å². The maximum absolute atomic E-state index is 13.1. The molecule has 0 radical (unpaired) electrons. The largest absolute Gasteiger partial charge is 0.308 e. The molecule has 1 aliphatic carbocycles. The first-order valence-corrected chi connectivity index (χ1v) is 6.55. The molecule has 0 bridgehead atoms. The van der Waals surface area contributed by atoms with Crippen molar-refractivity contribution in [2.75, 3.05) is 0 Å². The molecule has 1 aromatic carbocycles. The summed E-state index contributed by atoms with van der Waals surface area (Å²) >= 11 is 1.40. The molecule has 3 rings (SSSR count). The van der Waals surface area contributed by atoms with Gasteiger partial charge in [0, 0.05) is 18.2 Å². The van der Waals surface area contributed by atoms with E-state index >= 15 is 0 Å².